The Morgan fingerprint density at radius 2 is 2.03 bits per heavy atom. The Labute approximate surface area is 179 Å². The van der Waals surface area contributed by atoms with Crippen molar-refractivity contribution in [2.24, 2.45) is 0 Å². The van der Waals surface area contributed by atoms with E-state index in [1.54, 1.807) is 6.08 Å². The normalized spacial score (nSPS) is 25.9. The van der Waals surface area contributed by atoms with Crippen molar-refractivity contribution in [2.45, 2.75) is 31.3 Å². The van der Waals surface area contributed by atoms with Gasteiger partial charge in [0.25, 0.3) is 0 Å². The highest BCUT2D eigenvalue weighted by atomic mass is 16.5. The van der Waals surface area contributed by atoms with Crippen LogP contribution in [-0.2, 0) is 19.7 Å². The van der Waals surface area contributed by atoms with E-state index in [0.29, 0.717) is 5.76 Å². The van der Waals surface area contributed by atoms with E-state index in [2.05, 4.69) is 35.2 Å². The maximum atomic E-state index is 12.1. The lowest BCUT2D eigenvalue weighted by Gasteiger charge is -2.40. The summed E-state index contributed by atoms with van der Waals surface area (Å²) in [5, 5.41) is 12.1. The molecule has 2 atom stereocenters. The highest BCUT2D eigenvalue weighted by molar-refractivity contribution is 6.02. The number of hydrogen-bond donors (Lipinski definition) is 1. The van der Waals surface area contributed by atoms with Crippen LogP contribution in [0.4, 0.5) is 5.69 Å². The second kappa shape index (κ2) is 6.20. The van der Waals surface area contributed by atoms with E-state index in [4.69, 9.17) is 4.74 Å². The molecule has 2 aromatic carbocycles. The van der Waals surface area contributed by atoms with Crippen molar-refractivity contribution in [1.82, 2.24) is 0 Å². The van der Waals surface area contributed by atoms with E-state index in [1.165, 1.54) is 12.2 Å². The number of carboxylic acids is 1. The Morgan fingerprint density at radius 1 is 1.19 bits per heavy atom. The first-order valence-electron chi connectivity index (χ1n) is 10.5. The summed E-state index contributed by atoms with van der Waals surface area (Å²) in [4.78, 5) is 26.1. The first-order chi connectivity index (χ1) is 15.0. The zero-order chi connectivity index (χ0) is 21.3. The maximum absolute atomic E-state index is 12.1. The van der Waals surface area contributed by atoms with Crippen LogP contribution in [0.15, 0.2) is 83.3 Å². The SMILES string of the molecule is CC1(CC(=O)O)C2=C3C=C4C=CC(=O)C=C4OC3CCN2c2ccc3ccccc3c21. The summed E-state index contributed by atoms with van der Waals surface area (Å²) in [6, 6.07) is 12.4. The fraction of sp³-hybridized carbons (Fsp3) is 0.231. The number of ketones is 1. The molecular formula is C26H21NO4. The summed E-state index contributed by atoms with van der Waals surface area (Å²) in [7, 11) is 0. The number of benzene rings is 2. The molecule has 3 heterocycles. The Kier molecular flexibility index (Phi) is 3.64. The van der Waals surface area contributed by atoms with Crippen molar-refractivity contribution >= 4 is 28.2 Å². The predicted octanol–water partition coefficient (Wildman–Crippen LogP) is 4.40. The van der Waals surface area contributed by atoms with Gasteiger partial charge in [-0.1, -0.05) is 30.3 Å². The summed E-state index contributed by atoms with van der Waals surface area (Å²) < 4.78 is 6.25. The van der Waals surface area contributed by atoms with Crippen molar-refractivity contribution in [3.05, 3.63) is 88.9 Å². The minimum Gasteiger partial charge on any atom is -0.485 e. The minimum absolute atomic E-state index is 0.00371. The lowest BCUT2D eigenvalue weighted by Crippen LogP contribution is -2.41. The van der Waals surface area contributed by atoms with Crippen LogP contribution in [0.5, 0.6) is 0 Å². The molecule has 4 aliphatic rings. The van der Waals surface area contributed by atoms with Gasteiger partial charge in [-0.3, -0.25) is 9.59 Å². The van der Waals surface area contributed by atoms with Gasteiger partial charge in [-0.15, -0.1) is 0 Å². The maximum Gasteiger partial charge on any atom is 0.304 e. The molecule has 2 aromatic rings. The van der Waals surface area contributed by atoms with E-state index in [-0.39, 0.29) is 18.3 Å². The number of hydrogen-bond acceptors (Lipinski definition) is 4. The average Bonchev–Trinajstić information content (AvgIpc) is 3.00. The first kappa shape index (κ1) is 18.2. The van der Waals surface area contributed by atoms with Crippen LogP contribution >= 0.6 is 0 Å². The van der Waals surface area contributed by atoms with Gasteiger partial charge in [-0.05, 0) is 47.6 Å². The third-order valence-corrected chi connectivity index (χ3v) is 6.85. The Morgan fingerprint density at radius 3 is 2.87 bits per heavy atom. The van der Waals surface area contributed by atoms with Crippen LogP contribution < -0.4 is 4.90 Å². The quantitative estimate of drug-likeness (QED) is 0.794. The van der Waals surface area contributed by atoms with Crippen LogP contribution in [0.25, 0.3) is 10.8 Å². The molecule has 0 radical (unpaired) electrons. The molecule has 3 aliphatic heterocycles. The lowest BCUT2D eigenvalue weighted by molar-refractivity contribution is -0.138. The number of carbonyl (C=O) groups excluding carboxylic acids is 1. The molecule has 2 unspecified atom stereocenters. The molecule has 6 rings (SSSR count). The summed E-state index contributed by atoms with van der Waals surface area (Å²) in [5.74, 6) is -0.293. The molecule has 0 bridgehead atoms. The number of rotatable bonds is 2. The molecule has 0 saturated heterocycles. The molecule has 0 saturated carbocycles. The Balaban J connectivity index is 1.65. The number of carbonyl (C=O) groups is 2. The van der Waals surface area contributed by atoms with Gasteiger partial charge in [0.15, 0.2) is 5.78 Å². The zero-order valence-corrected chi connectivity index (χ0v) is 17.1. The highest BCUT2D eigenvalue weighted by Gasteiger charge is 2.50. The molecular weight excluding hydrogens is 390 g/mol. The van der Waals surface area contributed by atoms with E-state index < -0.39 is 11.4 Å². The predicted molar refractivity (Wildman–Crippen MR) is 118 cm³/mol. The van der Waals surface area contributed by atoms with Crippen LogP contribution in [0.1, 0.15) is 25.3 Å². The minimum atomic E-state index is -0.827. The number of ether oxygens (including phenoxy) is 1. The summed E-state index contributed by atoms with van der Waals surface area (Å²) in [6.07, 6.45) is 7.52. The molecule has 5 nitrogen and oxygen atoms in total. The summed E-state index contributed by atoms with van der Waals surface area (Å²) in [5.41, 5.74) is 4.35. The number of anilines is 1. The van der Waals surface area contributed by atoms with E-state index in [9.17, 15) is 14.7 Å². The fourth-order valence-electron chi connectivity index (χ4n) is 5.68. The van der Waals surface area contributed by atoms with Gasteiger partial charge >= 0.3 is 5.97 Å². The van der Waals surface area contributed by atoms with Crippen LogP contribution in [0, 0.1) is 0 Å². The number of fused-ring (bicyclic) bond motifs is 7. The van der Waals surface area contributed by atoms with Gasteiger partial charge in [-0.25, -0.2) is 0 Å². The number of carboxylic acid groups (broad SMARTS) is 1. The molecule has 1 aliphatic carbocycles. The van der Waals surface area contributed by atoms with Gasteiger partial charge in [0.1, 0.15) is 11.9 Å². The third-order valence-electron chi connectivity index (χ3n) is 6.85. The zero-order valence-electron chi connectivity index (χ0n) is 17.1. The molecule has 0 fully saturated rings. The number of nitrogens with zero attached hydrogens (tertiary/aromatic N) is 1. The van der Waals surface area contributed by atoms with Gasteiger partial charge in [-0.2, -0.15) is 0 Å². The summed E-state index contributed by atoms with van der Waals surface area (Å²) in [6.45, 7) is 2.78. The Bertz CT molecular complexity index is 1310. The molecule has 0 aromatic heterocycles. The van der Waals surface area contributed by atoms with Crippen LogP contribution in [-0.4, -0.2) is 29.5 Å². The van der Waals surface area contributed by atoms with Crippen molar-refractivity contribution in [3.8, 4) is 0 Å². The number of allylic oxidation sites excluding steroid dienone is 4. The second-order valence-corrected chi connectivity index (χ2v) is 8.78. The van der Waals surface area contributed by atoms with Gasteiger partial charge in [0.05, 0.1) is 6.42 Å². The number of aliphatic carboxylic acids is 1. The van der Waals surface area contributed by atoms with Gasteiger partial charge in [0, 0.05) is 47.0 Å². The van der Waals surface area contributed by atoms with Crippen LogP contribution in [0.3, 0.4) is 0 Å². The van der Waals surface area contributed by atoms with Crippen LogP contribution in [0.2, 0.25) is 0 Å². The average molecular weight is 411 g/mol. The van der Waals surface area contributed by atoms with Crippen molar-refractivity contribution in [1.29, 1.82) is 0 Å². The first-order valence-corrected chi connectivity index (χ1v) is 10.5. The highest BCUT2D eigenvalue weighted by Crippen LogP contribution is 2.56. The van der Waals surface area contributed by atoms with Crippen molar-refractivity contribution < 1.29 is 19.4 Å². The molecule has 1 N–H and O–H groups in total. The summed E-state index contributed by atoms with van der Waals surface area (Å²) >= 11 is 0. The van der Waals surface area contributed by atoms with Crippen molar-refractivity contribution in [3.63, 3.8) is 0 Å². The van der Waals surface area contributed by atoms with E-state index in [1.807, 2.05) is 19.1 Å². The molecule has 5 heteroatoms. The lowest BCUT2D eigenvalue weighted by atomic mass is 9.73. The van der Waals surface area contributed by atoms with E-state index >= 15 is 0 Å². The smallest absolute Gasteiger partial charge is 0.304 e. The molecule has 154 valence electrons. The van der Waals surface area contributed by atoms with Crippen molar-refractivity contribution in [2.75, 3.05) is 11.4 Å². The molecule has 31 heavy (non-hydrogen) atoms. The molecule has 0 spiro atoms. The monoisotopic (exact) mass is 411 g/mol. The molecule has 0 amide bonds. The topological polar surface area (TPSA) is 66.8 Å². The second-order valence-electron chi connectivity index (χ2n) is 8.78. The fourth-order valence-corrected chi connectivity index (χ4v) is 5.68. The van der Waals surface area contributed by atoms with E-state index in [0.717, 1.165) is 51.8 Å². The standard InChI is InChI=1S/C26H21NO4/c1-26(14-23(29)30)24-18-5-3-2-4-15(18)7-9-20(24)27-11-10-21-19(25(26)27)12-16-6-8-17(28)13-22(16)31-21/h2-9,12-13,21H,10-11,14H2,1H3,(H,29,30). The van der Waals surface area contributed by atoms with Gasteiger partial charge < -0.3 is 14.7 Å². The van der Waals surface area contributed by atoms with Gasteiger partial charge in [0.2, 0.25) is 0 Å². The Hall–Kier alpha value is -3.60. The third kappa shape index (κ3) is 2.49. The largest absolute Gasteiger partial charge is 0.485 e.